The van der Waals surface area contributed by atoms with E-state index in [2.05, 4.69) is 25.7 Å². The van der Waals surface area contributed by atoms with E-state index in [9.17, 15) is 0 Å². The van der Waals surface area contributed by atoms with Gasteiger partial charge >= 0.3 is 0 Å². The molecule has 0 amide bonds. The second kappa shape index (κ2) is 6.81. The smallest absolute Gasteiger partial charge is 0.00118 e. The fourth-order valence-corrected chi connectivity index (χ4v) is 0.729. The molecular weight excluding hydrogens is 122 g/mol. The Kier molecular flexibility index (Phi) is 6.61. The van der Waals surface area contributed by atoms with E-state index in [1.165, 1.54) is 18.4 Å². The molecule has 0 atom stereocenters. The first-order valence-corrected chi connectivity index (χ1v) is 4.12. The van der Waals surface area contributed by atoms with Gasteiger partial charge in [-0.2, -0.15) is 0 Å². The van der Waals surface area contributed by atoms with Crippen LogP contribution >= 0.6 is 0 Å². The van der Waals surface area contributed by atoms with Gasteiger partial charge in [-0.05, 0) is 32.9 Å². The average molecular weight is 141 g/mol. The van der Waals surface area contributed by atoms with Crippen molar-refractivity contribution in [2.24, 2.45) is 0 Å². The standard InChI is InChI=1S/C9H19N/c1-4-5-7-10-8-6-9(2)3/h10H,2,4-8H2,1,3H3. The van der Waals surface area contributed by atoms with Gasteiger partial charge in [0.05, 0.1) is 0 Å². The molecule has 0 saturated heterocycles. The van der Waals surface area contributed by atoms with Crippen molar-refractivity contribution in [2.75, 3.05) is 13.1 Å². The first-order chi connectivity index (χ1) is 4.77. The normalized spacial score (nSPS) is 9.80. The van der Waals surface area contributed by atoms with E-state index in [-0.39, 0.29) is 0 Å². The lowest BCUT2D eigenvalue weighted by atomic mass is 10.2. The topological polar surface area (TPSA) is 12.0 Å². The molecule has 0 rings (SSSR count). The number of hydrogen-bond donors (Lipinski definition) is 1. The van der Waals surface area contributed by atoms with Gasteiger partial charge in [0.1, 0.15) is 0 Å². The minimum Gasteiger partial charge on any atom is -0.316 e. The van der Waals surface area contributed by atoms with E-state index in [1.807, 2.05) is 0 Å². The van der Waals surface area contributed by atoms with Crippen molar-refractivity contribution in [2.45, 2.75) is 33.1 Å². The zero-order valence-electron chi connectivity index (χ0n) is 7.24. The van der Waals surface area contributed by atoms with E-state index in [1.54, 1.807) is 0 Å². The van der Waals surface area contributed by atoms with Crippen molar-refractivity contribution >= 4 is 0 Å². The molecule has 1 heteroatoms. The van der Waals surface area contributed by atoms with Crippen molar-refractivity contribution in [3.05, 3.63) is 12.2 Å². The quantitative estimate of drug-likeness (QED) is 0.442. The third-order valence-electron chi connectivity index (χ3n) is 1.44. The molecule has 0 aliphatic carbocycles. The van der Waals surface area contributed by atoms with Gasteiger partial charge in [0, 0.05) is 0 Å². The molecule has 0 aromatic carbocycles. The maximum atomic E-state index is 3.83. The summed E-state index contributed by atoms with van der Waals surface area (Å²) in [5.74, 6) is 0. The van der Waals surface area contributed by atoms with Crippen LogP contribution in [-0.4, -0.2) is 13.1 Å². The Morgan fingerprint density at radius 1 is 1.40 bits per heavy atom. The van der Waals surface area contributed by atoms with E-state index >= 15 is 0 Å². The Morgan fingerprint density at radius 2 is 2.10 bits per heavy atom. The molecule has 0 heterocycles. The van der Waals surface area contributed by atoms with Crippen LogP contribution < -0.4 is 5.32 Å². The third-order valence-corrected chi connectivity index (χ3v) is 1.44. The first-order valence-electron chi connectivity index (χ1n) is 4.12. The summed E-state index contributed by atoms with van der Waals surface area (Å²) in [6, 6.07) is 0. The predicted molar refractivity (Wildman–Crippen MR) is 47.2 cm³/mol. The van der Waals surface area contributed by atoms with E-state index in [0.29, 0.717) is 0 Å². The van der Waals surface area contributed by atoms with Gasteiger partial charge in [-0.25, -0.2) is 0 Å². The SMILES string of the molecule is C=C(C)CCNCCCC. The third kappa shape index (κ3) is 7.70. The molecule has 0 spiro atoms. The zero-order chi connectivity index (χ0) is 7.82. The van der Waals surface area contributed by atoms with Crippen LogP contribution in [0.3, 0.4) is 0 Å². The molecule has 0 bridgehead atoms. The van der Waals surface area contributed by atoms with Crippen molar-refractivity contribution in [1.82, 2.24) is 5.32 Å². The second-order valence-electron chi connectivity index (χ2n) is 2.81. The fraction of sp³-hybridized carbons (Fsp3) is 0.778. The highest BCUT2D eigenvalue weighted by Crippen LogP contribution is 1.92. The van der Waals surface area contributed by atoms with Crippen molar-refractivity contribution < 1.29 is 0 Å². The molecule has 1 N–H and O–H groups in total. The summed E-state index contributed by atoms with van der Waals surface area (Å²) in [4.78, 5) is 0. The van der Waals surface area contributed by atoms with Crippen LogP contribution in [0.5, 0.6) is 0 Å². The molecule has 0 aliphatic rings. The Balaban J connectivity index is 2.84. The van der Waals surface area contributed by atoms with Crippen LogP contribution in [0.1, 0.15) is 33.1 Å². The number of hydrogen-bond acceptors (Lipinski definition) is 1. The van der Waals surface area contributed by atoms with Crippen LogP contribution in [0.25, 0.3) is 0 Å². The molecular formula is C9H19N. The molecule has 0 aromatic heterocycles. The summed E-state index contributed by atoms with van der Waals surface area (Å²) in [6.45, 7) is 10.4. The summed E-state index contributed by atoms with van der Waals surface area (Å²) in [7, 11) is 0. The first kappa shape index (κ1) is 9.70. The van der Waals surface area contributed by atoms with Gasteiger partial charge in [0.15, 0.2) is 0 Å². The molecule has 10 heavy (non-hydrogen) atoms. The van der Waals surface area contributed by atoms with Gasteiger partial charge in [-0.1, -0.05) is 18.9 Å². The minimum atomic E-state index is 1.09. The van der Waals surface area contributed by atoms with Gasteiger partial charge in [-0.15, -0.1) is 6.58 Å². The molecule has 0 saturated carbocycles. The van der Waals surface area contributed by atoms with Crippen LogP contribution in [0.15, 0.2) is 12.2 Å². The van der Waals surface area contributed by atoms with Crippen LogP contribution in [0.4, 0.5) is 0 Å². The van der Waals surface area contributed by atoms with E-state index in [0.717, 1.165) is 19.5 Å². The summed E-state index contributed by atoms with van der Waals surface area (Å²) < 4.78 is 0. The van der Waals surface area contributed by atoms with Gasteiger partial charge < -0.3 is 5.32 Å². The van der Waals surface area contributed by atoms with Gasteiger partial charge in [-0.3, -0.25) is 0 Å². The fourth-order valence-electron chi connectivity index (χ4n) is 0.729. The summed E-state index contributed by atoms with van der Waals surface area (Å²) in [5, 5.41) is 3.36. The molecule has 0 fully saturated rings. The lowest BCUT2D eigenvalue weighted by molar-refractivity contribution is 0.639. The molecule has 0 radical (unpaired) electrons. The molecule has 60 valence electrons. The average Bonchev–Trinajstić information content (AvgIpc) is 1.87. The van der Waals surface area contributed by atoms with Gasteiger partial charge in [0.2, 0.25) is 0 Å². The largest absolute Gasteiger partial charge is 0.316 e. The highest BCUT2D eigenvalue weighted by molar-refractivity contribution is 4.87. The maximum Gasteiger partial charge on any atom is -0.00118 e. The van der Waals surface area contributed by atoms with E-state index in [4.69, 9.17) is 0 Å². The second-order valence-corrected chi connectivity index (χ2v) is 2.81. The maximum absolute atomic E-state index is 3.83. The summed E-state index contributed by atoms with van der Waals surface area (Å²) in [6.07, 6.45) is 3.68. The molecule has 0 aliphatic heterocycles. The Morgan fingerprint density at radius 3 is 2.60 bits per heavy atom. The van der Waals surface area contributed by atoms with Crippen molar-refractivity contribution in [3.8, 4) is 0 Å². The monoisotopic (exact) mass is 141 g/mol. The Hall–Kier alpha value is -0.300. The molecule has 0 unspecified atom stereocenters. The number of unbranched alkanes of at least 4 members (excludes halogenated alkanes) is 1. The van der Waals surface area contributed by atoms with E-state index < -0.39 is 0 Å². The Bertz CT molecular complexity index is 86.7. The molecule has 1 nitrogen and oxygen atoms in total. The predicted octanol–water partition coefficient (Wildman–Crippen LogP) is 2.34. The van der Waals surface area contributed by atoms with Crippen LogP contribution in [0.2, 0.25) is 0 Å². The van der Waals surface area contributed by atoms with Crippen molar-refractivity contribution in [3.63, 3.8) is 0 Å². The Labute approximate surface area is 64.5 Å². The zero-order valence-corrected chi connectivity index (χ0v) is 7.24. The van der Waals surface area contributed by atoms with Gasteiger partial charge in [0.25, 0.3) is 0 Å². The summed E-state index contributed by atoms with van der Waals surface area (Å²) in [5.41, 5.74) is 1.27. The highest BCUT2D eigenvalue weighted by atomic mass is 14.8. The minimum absolute atomic E-state index is 1.09. The van der Waals surface area contributed by atoms with Crippen LogP contribution in [-0.2, 0) is 0 Å². The van der Waals surface area contributed by atoms with Crippen LogP contribution in [0, 0.1) is 0 Å². The molecule has 0 aromatic rings. The highest BCUT2D eigenvalue weighted by Gasteiger charge is 1.86. The number of rotatable bonds is 6. The van der Waals surface area contributed by atoms with Crippen molar-refractivity contribution in [1.29, 1.82) is 0 Å². The number of nitrogens with one attached hydrogen (secondary N) is 1. The summed E-state index contributed by atoms with van der Waals surface area (Å²) >= 11 is 0. The lowest BCUT2D eigenvalue weighted by Gasteiger charge is -2.01. The lowest BCUT2D eigenvalue weighted by Crippen LogP contribution is -2.16.